The molecule has 0 saturated carbocycles. The molecule has 41 heavy (non-hydrogen) atoms. The topological polar surface area (TPSA) is 86.3 Å². The van der Waals surface area contributed by atoms with E-state index in [-0.39, 0.29) is 31.5 Å². The lowest BCUT2D eigenvalue weighted by Gasteiger charge is -2.27. The zero-order valence-corrected chi connectivity index (χ0v) is 24.9. The number of amides is 2. The van der Waals surface area contributed by atoms with E-state index in [1.54, 1.807) is 4.90 Å². The lowest BCUT2D eigenvalue weighted by Crippen LogP contribution is -2.33. The first kappa shape index (κ1) is 32.5. The summed E-state index contributed by atoms with van der Waals surface area (Å²) in [7, 11) is 0. The van der Waals surface area contributed by atoms with Crippen molar-refractivity contribution < 1.29 is 30.0 Å². The van der Waals surface area contributed by atoms with Crippen LogP contribution in [0.25, 0.3) is 12.2 Å². The number of hydrogen-bond acceptors (Lipinski definition) is 6. The van der Waals surface area contributed by atoms with Gasteiger partial charge in [0.15, 0.2) is 0 Å². The zero-order valence-electron chi connectivity index (χ0n) is 24.9. The molecule has 0 radical (unpaired) electrons. The molecule has 0 spiro atoms. The van der Waals surface area contributed by atoms with Crippen LogP contribution in [-0.2, 0) is 35.1 Å². The van der Waals surface area contributed by atoms with Crippen LogP contribution in [0.3, 0.4) is 0 Å². The monoisotopic (exact) mass is 568 g/mol. The highest BCUT2D eigenvalue weighted by Gasteiger charge is 2.21. The van der Waals surface area contributed by atoms with Crippen LogP contribution in [0.2, 0.25) is 0 Å². The maximum atomic E-state index is 13.2. The van der Waals surface area contributed by atoms with Crippen LogP contribution < -0.4 is 10.2 Å². The van der Waals surface area contributed by atoms with Crippen molar-refractivity contribution in [3.63, 3.8) is 0 Å². The minimum Gasteiger partial charge on any atom is -0.379 e. The van der Waals surface area contributed by atoms with Gasteiger partial charge >= 0.3 is 0 Å². The van der Waals surface area contributed by atoms with Crippen LogP contribution in [-0.4, -0.2) is 71.2 Å². The van der Waals surface area contributed by atoms with Gasteiger partial charge in [-0.1, -0.05) is 75.4 Å². The van der Waals surface area contributed by atoms with E-state index in [2.05, 4.69) is 32.2 Å². The second-order valence-electron chi connectivity index (χ2n) is 11.2. The molecule has 1 heterocycles. The number of carbonyl (C=O) groups excluding carboxylic acids is 2. The zero-order chi connectivity index (χ0) is 29.3. The number of fused-ring (bicyclic) bond motifs is 2. The summed E-state index contributed by atoms with van der Waals surface area (Å²) in [5, 5.41) is 2.83. The molecular formula is C33H48N2O6. The summed E-state index contributed by atoms with van der Waals surface area (Å²) in [5.41, 5.74) is 4.28. The molecule has 0 fully saturated rings. The third-order valence-corrected chi connectivity index (χ3v) is 6.60. The van der Waals surface area contributed by atoms with Crippen LogP contribution in [0.5, 0.6) is 0 Å². The Morgan fingerprint density at radius 3 is 2.00 bits per heavy atom. The van der Waals surface area contributed by atoms with E-state index in [1.807, 2.05) is 54.6 Å². The highest BCUT2D eigenvalue weighted by Crippen LogP contribution is 2.29. The minimum atomic E-state index is -0.168. The van der Waals surface area contributed by atoms with Gasteiger partial charge in [-0.3, -0.25) is 9.59 Å². The number of anilines is 1. The van der Waals surface area contributed by atoms with Gasteiger partial charge in [-0.25, -0.2) is 0 Å². The van der Waals surface area contributed by atoms with Crippen molar-refractivity contribution in [2.24, 2.45) is 5.41 Å². The quantitative estimate of drug-likeness (QED) is 0.259. The lowest BCUT2D eigenvalue weighted by atomic mass is 9.93. The second-order valence-corrected chi connectivity index (χ2v) is 11.2. The number of nitrogens with zero attached hydrogens (tertiary/aromatic N) is 1. The van der Waals surface area contributed by atoms with Crippen molar-refractivity contribution in [1.82, 2.24) is 5.32 Å². The average Bonchev–Trinajstić information content (AvgIpc) is 2.94. The van der Waals surface area contributed by atoms with Gasteiger partial charge in [-0.2, -0.15) is 0 Å². The Kier molecular flexibility index (Phi) is 14.0. The molecular weight excluding hydrogens is 520 g/mol. The molecule has 0 unspecified atom stereocenters. The number of nitrogens with one attached hydrogen (secondary N) is 1. The Bertz CT molecular complexity index is 1120. The normalized spacial score (nSPS) is 13.6. The van der Waals surface area contributed by atoms with E-state index >= 15 is 0 Å². The molecule has 1 aliphatic rings. The number of ether oxygens (including phenoxy) is 4. The first-order valence-corrected chi connectivity index (χ1v) is 14.6. The summed E-state index contributed by atoms with van der Waals surface area (Å²) in [6.45, 7) is 11.7. The molecule has 8 heteroatoms. The molecule has 2 aromatic rings. The number of benzene rings is 2. The summed E-state index contributed by atoms with van der Waals surface area (Å²) in [6, 6.07) is 15.9. The van der Waals surface area contributed by atoms with Gasteiger partial charge in [0.1, 0.15) is 0 Å². The molecule has 2 aromatic carbocycles. The maximum Gasteiger partial charge on any atom is 0.227 e. The highest BCUT2D eigenvalue weighted by molar-refractivity contribution is 5.98. The SMILES string of the molecule is CC(C)(C)CCOCCOCCOCCOCCNC(=O)CCC(=O)N1Cc2ccccc2/C=C\c2ccccc21.[HH]. The van der Waals surface area contributed by atoms with Crippen LogP contribution >= 0.6 is 0 Å². The molecule has 3 rings (SSSR count). The van der Waals surface area contributed by atoms with Gasteiger partial charge in [0.25, 0.3) is 0 Å². The van der Waals surface area contributed by atoms with Gasteiger partial charge in [0.2, 0.25) is 11.8 Å². The van der Waals surface area contributed by atoms with Gasteiger partial charge in [0.05, 0.1) is 58.5 Å². The van der Waals surface area contributed by atoms with E-state index < -0.39 is 0 Å². The fourth-order valence-electron chi connectivity index (χ4n) is 4.22. The van der Waals surface area contributed by atoms with Crippen molar-refractivity contribution in [1.29, 1.82) is 0 Å². The molecule has 0 bridgehead atoms. The predicted octanol–water partition coefficient (Wildman–Crippen LogP) is 5.35. The molecule has 8 nitrogen and oxygen atoms in total. The maximum absolute atomic E-state index is 13.2. The lowest BCUT2D eigenvalue weighted by molar-refractivity contribution is -0.125. The molecule has 0 aliphatic carbocycles. The third kappa shape index (κ3) is 12.6. The van der Waals surface area contributed by atoms with E-state index in [4.69, 9.17) is 18.9 Å². The predicted molar refractivity (Wildman–Crippen MR) is 165 cm³/mol. The average molecular weight is 569 g/mol. The van der Waals surface area contributed by atoms with Gasteiger partial charge in [0, 0.05) is 27.4 Å². The Labute approximate surface area is 246 Å². The summed E-state index contributed by atoms with van der Waals surface area (Å²) in [5.74, 6) is -0.249. The van der Waals surface area contributed by atoms with Crippen molar-refractivity contribution in [3.05, 3.63) is 65.2 Å². The Morgan fingerprint density at radius 1 is 0.756 bits per heavy atom. The van der Waals surface area contributed by atoms with E-state index in [0.29, 0.717) is 59.3 Å². The second kappa shape index (κ2) is 17.7. The summed E-state index contributed by atoms with van der Waals surface area (Å²) in [4.78, 5) is 27.4. The van der Waals surface area contributed by atoms with Gasteiger partial charge in [-0.05, 0) is 34.6 Å². The number of rotatable bonds is 17. The molecule has 1 N–H and O–H groups in total. The Hall–Kier alpha value is -3.04. The first-order valence-electron chi connectivity index (χ1n) is 14.6. The summed E-state index contributed by atoms with van der Waals surface area (Å²) < 4.78 is 22.1. The molecule has 0 atom stereocenters. The third-order valence-electron chi connectivity index (χ3n) is 6.60. The number of carbonyl (C=O) groups is 2. The first-order chi connectivity index (χ1) is 19.8. The standard InChI is InChI=1S/C33H46N2O6.H2/c1-33(2,3)16-18-38-20-22-40-24-25-41-23-21-39-19-17-34-31(36)14-15-32(37)35-26-29-10-5-4-8-27(29)12-13-28-9-6-7-11-30(28)35;/h4-13H,14-26H2,1-3H3,(H,34,36);1H/b13-12-;. The van der Waals surface area contributed by atoms with Gasteiger partial charge < -0.3 is 29.2 Å². The van der Waals surface area contributed by atoms with Crippen molar-refractivity contribution in [2.75, 3.05) is 64.3 Å². The number of para-hydroxylation sites is 1. The molecule has 226 valence electrons. The van der Waals surface area contributed by atoms with Gasteiger partial charge in [-0.15, -0.1) is 0 Å². The van der Waals surface area contributed by atoms with Crippen LogP contribution in [0.15, 0.2) is 48.5 Å². The molecule has 0 saturated heterocycles. The van der Waals surface area contributed by atoms with Crippen molar-refractivity contribution >= 4 is 29.7 Å². The molecule has 0 aromatic heterocycles. The minimum absolute atomic E-state index is 0. The summed E-state index contributed by atoms with van der Waals surface area (Å²) in [6.07, 6.45) is 5.40. The fourth-order valence-corrected chi connectivity index (χ4v) is 4.22. The van der Waals surface area contributed by atoms with Crippen LogP contribution in [0, 0.1) is 5.41 Å². The van der Waals surface area contributed by atoms with Crippen molar-refractivity contribution in [2.45, 2.75) is 46.6 Å². The summed E-state index contributed by atoms with van der Waals surface area (Å²) >= 11 is 0. The fraction of sp³-hybridized carbons (Fsp3) is 0.515. The highest BCUT2D eigenvalue weighted by atomic mass is 16.6. The van der Waals surface area contributed by atoms with Crippen LogP contribution in [0.4, 0.5) is 5.69 Å². The number of hydrogen-bond donors (Lipinski definition) is 1. The molecule has 1 aliphatic heterocycles. The van der Waals surface area contributed by atoms with E-state index in [9.17, 15) is 9.59 Å². The Morgan fingerprint density at radius 2 is 1.32 bits per heavy atom. The molecule has 2 amide bonds. The largest absolute Gasteiger partial charge is 0.379 e. The van der Waals surface area contributed by atoms with Crippen LogP contribution in [0.1, 0.15) is 58.2 Å². The van der Waals surface area contributed by atoms with E-state index in [0.717, 1.165) is 35.4 Å². The Balaban J connectivity index is 0.00000616. The smallest absolute Gasteiger partial charge is 0.227 e. The van der Waals surface area contributed by atoms with Crippen molar-refractivity contribution in [3.8, 4) is 0 Å². The van der Waals surface area contributed by atoms with E-state index in [1.165, 1.54) is 0 Å².